The Hall–Kier alpha value is -1.63. The maximum absolute atomic E-state index is 12.5. The largest absolute Gasteiger partial charge is 0.382 e. The Balaban J connectivity index is 1.49. The highest BCUT2D eigenvalue weighted by Crippen LogP contribution is 2.18. The molecule has 0 radical (unpaired) electrons. The Kier molecular flexibility index (Phi) is 5.71. The highest BCUT2D eigenvalue weighted by Gasteiger charge is 2.31. The van der Waals surface area contributed by atoms with Crippen LogP contribution in [0.2, 0.25) is 5.02 Å². The Morgan fingerprint density at radius 3 is 3.04 bits per heavy atom. The average molecular weight is 353 g/mol. The van der Waals surface area contributed by atoms with Crippen molar-refractivity contribution in [2.75, 3.05) is 33.4 Å². The summed E-state index contributed by atoms with van der Waals surface area (Å²) < 4.78 is 10.9. The molecule has 7 heteroatoms. The molecule has 1 aromatic carbocycles. The smallest absolute Gasteiger partial charge is 0.266 e. The van der Waals surface area contributed by atoms with Gasteiger partial charge in [-0.05, 0) is 17.7 Å². The number of rotatable bonds is 5. The standard InChI is InChI=1S/C17H21ClN2O4/c1-20(10-15-11-22-5-6-23-15)17(21)16-9-14(19-24-16)8-12-3-2-4-13(18)7-12/h2-4,7,15-16H,5-6,8-11H2,1H3/t15-,16+/m1/s1. The fraction of sp³-hybridized carbons (Fsp3) is 0.529. The van der Waals surface area contributed by atoms with Crippen LogP contribution in [0.1, 0.15) is 12.0 Å². The highest BCUT2D eigenvalue weighted by atomic mass is 35.5. The molecular formula is C17H21ClN2O4. The quantitative estimate of drug-likeness (QED) is 0.812. The van der Waals surface area contributed by atoms with Crippen molar-refractivity contribution in [1.29, 1.82) is 0 Å². The summed E-state index contributed by atoms with van der Waals surface area (Å²) in [5.41, 5.74) is 1.90. The zero-order valence-electron chi connectivity index (χ0n) is 13.6. The molecule has 2 aliphatic heterocycles. The predicted molar refractivity (Wildman–Crippen MR) is 90.3 cm³/mol. The second kappa shape index (κ2) is 7.96. The van der Waals surface area contributed by atoms with Gasteiger partial charge < -0.3 is 19.2 Å². The summed E-state index contributed by atoms with van der Waals surface area (Å²) in [5, 5.41) is 4.75. The van der Waals surface area contributed by atoms with Gasteiger partial charge in [0, 0.05) is 31.5 Å². The van der Waals surface area contributed by atoms with Gasteiger partial charge in [0.1, 0.15) is 0 Å². The Bertz CT molecular complexity index is 616. The van der Waals surface area contributed by atoms with Crippen molar-refractivity contribution >= 4 is 23.2 Å². The van der Waals surface area contributed by atoms with Gasteiger partial charge in [-0.2, -0.15) is 0 Å². The van der Waals surface area contributed by atoms with Crippen LogP contribution in [0, 0.1) is 0 Å². The fourth-order valence-electron chi connectivity index (χ4n) is 2.83. The van der Waals surface area contributed by atoms with E-state index in [4.69, 9.17) is 25.9 Å². The lowest BCUT2D eigenvalue weighted by molar-refractivity contribution is -0.146. The molecule has 0 N–H and O–H groups in total. The van der Waals surface area contributed by atoms with Crippen molar-refractivity contribution < 1.29 is 19.1 Å². The number of benzene rings is 1. The number of carbonyl (C=O) groups excluding carboxylic acids is 1. The summed E-state index contributed by atoms with van der Waals surface area (Å²) >= 11 is 5.99. The van der Waals surface area contributed by atoms with Gasteiger partial charge >= 0.3 is 0 Å². The van der Waals surface area contributed by atoms with E-state index in [0.29, 0.717) is 44.2 Å². The Morgan fingerprint density at radius 2 is 2.29 bits per heavy atom. The molecule has 1 amide bonds. The van der Waals surface area contributed by atoms with Crippen LogP contribution in [0.3, 0.4) is 0 Å². The molecule has 2 heterocycles. The SMILES string of the molecule is CN(C[C@@H]1COCCO1)C(=O)[C@@H]1CC(Cc2cccc(Cl)c2)=NO1. The fourth-order valence-corrected chi connectivity index (χ4v) is 3.04. The van der Waals surface area contributed by atoms with Gasteiger partial charge in [0.15, 0.2) is 0 Å². The number of halogens is 1. The summed E-state index contributed by atoms with van der Waals surface area (Å²) in [6.07, 6.45) is 0.486. The zero-order chi connectivity index (χ0) is 16.9. The lowest BCUT2D eigenvalue weighted by atomic mass is 10.0. The molecule has 0 spiro atoms. The second-order valence-electron chi connectivity index (χ2n) is 6.05. The minimum absolute atomic E-state index is 0.0825. The van der Waals surface area contributed by atoms with Crippen LogP contribution < -0.4 is 0 Å². The van der Waals surface area contributed by atoms with E-state index in [1.165, 1.54) is 0 Å². The molecule has 1 saturated heterocycles. The third-order valence-corrected chi connectivity index (χ3v) is 4.28. The highest BCUT2D eigenvalue weighted by molar-refractivity contribution is 6.30. The number of carbonyl (C=O) groups is 1. The molecule has 6 nitrogen and oxygen atoms in total. The molecule has 0 aromatic heterocycles. The number of nitrogens with zero attached hydrogens (tertiary/aromatic N) is 2. The van der Waals surface area contributed by atoms with Crippen molar-refractivity contribution in [3.05, 3.63) is 34.9 Å². The minimum atomic E-state index is -0.561. The van der Waals surface area contributed by atoms with Crippen LogP contribution in [-0.2, 0) is 25.5 Å². The monoisotopic (exact) mass is 352 g/mol. The van der Waals surface area contributed by atoms with Gasteiger partial charge in [-0.1, -0.05) is 28.9 Å². The van der Waals surface area contributed by atoms with E-state index in [2.05, 4.69) is 5.16 Å². The number of ether oxygens (including phenoxy) is 2. The van der Waals surface area contributed by atoms with Crippen molar-refractivity contribution in [3.8, 4) is 0 Å². The summed E-state index contributed by atoms with van der Waals surface area (Å²) in [7, 11) is 1.75. The maximum atomic E-state index is 12.5. The van der Waals surface area contributed by atoms with Gasteiger partial charge in [-0.3, -0.25) is 4.79 Å². The molecule has 1 fully saturated rings. The van der Waals surface area contributed by atoms with Gasteiger partial charge in [-0.15, -0.1) is 0 Å². The number of hydrogen-bond donors (Lipinski definition) is 0. The van der Waals surface area contributed by atoms with Crippen LogP contribution in [0.25, 0.3) is 0 Å². The first-order valence-corrected chi connectivity index (χ1v) is 8.40. The van der Waals surface area contributed by atoms with E-state index in [-0.39, 0.29) is 12.0 Å². The molecule has 0 aliphatic carbocycles. The molecule has 130 valence electrons. The molecule has 0 bridgehead atoms. The summed E-state index contributed by atoms with van der Waals surface area (Å²) in [5.74, 6) is -0.0889. The lowest BCUT2D eigenvalue weighted by Crippen LogP contribution is -2.44. The molecule has 3 rings (SSSR count). The third kappa shape index (κ3) is 4.47. The minimum Gasteiger partial charge on any atom is -0.382 e. The second-order valence-corrected chi connectivity index (χ2v) is 6.49. The summed E-state index contributed by atoms with van der Waals surface area (Å²) in [6, 6.07) is 7.61. The van der Waals surface area contributed by atoms with Crippen LogP contribution in [0.5, 0.6) is 0 Å². The zero-order valence-corrected chi connectivity index (χ0v) is 14.4. The van der Waals surface area contributed by atoms with Gasteiger partial charge in [0.25, 0.3) is 5.91 Å². The predicted octanol–water partition coefficient (Wildman–Crippen LogP) is 1.90. The Labute approximate surface area is 146 Å². The first-order valence-electron chi connectivity index (χ1n) is 8.02. The van der Waals surface area contributed by atoms with Crippen LogP contribution in [0.4, 0.5) is 0 Å². The summed E-state index contributed by atoms with van der Waals surface area (Å²) in [4.78, 5) is 19.4. The van der Waals surface area contributed by atoms with E-state index in [0.717, 1.165) is 11.3 Å². The van der Waals surface area contributed by atoms with Crippen molar-refractivity contribution in [2.45, 2.75) is 25.0 Å². The average Bonchev–Trinajstić information content (AvgIpc) is 3.03. The van der Waals surface area contributed by atoms with Crippen LogP contribution >= 0.6 is 11.6 Å². The molecule has 0 unspecified atom stereocenters. The number of hydrogen-bond acceptors (Lipinski definition) is 5. The van der Waals surface area contributed by atoms with E-state index < -0.39 is 6.10 Å². The van der Waals surface area contributed by atoms with E-state index in [9.17, 15) is 4.79 Å². The third-order valence-electron chi connectivity index (χ3n) is 4.04. The van der Waals surface area contributed by atoms with Crippen molar-refractivity contribution in [2.24, 2.45) is 5.16 Å². The van der Waals surface area contributed by atoms with Crippen molar-refractivity contribution in [3.63, 3.8) is 0 Å². The number of likely N-dealkylation sites (N-methyl/N-ethyl adjacent to an activating group) is 1. The number of amides is 1. The molecule has 2 atom stereocenters. The van der Waals surface area contributed by atoms with Gasteiger partial charge in [-0.25, -0.2) is 0 Å². The van der Waals surface area contributed by atoms with Gasteiger partial charge in [0.05, 0.1) is 31.6 Å². The first kappa shape index (κ1) is 17.2. The molecule has 2 aliphatic rings. The maximum Gasteiger partial charge on any atom is 0.266 e. The van der Waals surface area contributed by atoms with E-state index in [1.807, 2.05) is 24.3 Å². The Morgan fingerprint density at radius 1 is 1.42 bits per heavy atom. The van der Waals surface area contributed by atoms with Gasteiger partial charge in [0.2, 0.25) is 6.10 Å². The van der Waals surface area contributed by atoms with E-state index >= 15 is 0 Å². The van der Waals surface area contributed by atoms with E-state index in [1.54, 1.807) is 11.9 Å². The molecule has 0 saturated carbocycles. The van der Waals surface area contributed by atoms with Crippen LogP contribution in [-0.4, -0.2) is 62.1 Å². The molecular weight excluding hydrogens is 332 g/mol. The number of oxime groups is 1. The summed E-state index contributed by atoms with van der Waals surface area (Å²) in [6.45, 7) is 2.18. The normalized spacial score (nSPS) is 23.5. The van der Waals surface area contributed by atoms with Crippen LogP contribution in [0.15, 0.2) is 29.4 Å². The van der Waals surface area contributed by atoms with Crippen molar-refractivity contribution in [1.82, 2.24) is 4.90 Å². The molecule has 1 aromatic rings. The topological polar surface area (TPSA) is 60.4 Å². The molecule has 24 heavy (non-hydrogen) atoms. The first-order chi connectivity index (χ1) is 11.6. The lowest BCUT2D eigenvalue weighted by Gasteiger charge is -2.28.